The van der Waals surface area contributed by atoms with Gasteiger partial charge in [-0.25, -0.2) is 4.68 Å². The molecule has 1 amide bonds. The van der Waals surface area contributed by atoms with Crippen molar-refractivity contribution in [3.63, 3.8) is 0 Å². The molecule has 2 rings (SSSR count). The van der Waals surface area contributed by atoms with Crippen LogP contribution in [0.2, 0.25) is 0 Å². The maximum absolute atomic E-state index is 11.8. The van der Waals surface area contributed by atoms with Crippen LogP contribution in [-0.2, 0) is 22.6 Å². The van der Waals surface area contributed by atoms with Gasteiger partial charge in [0, 0.05) is 6.42 Å². The summed E-state index contributed by atoms with van der Waals surface area (Å²) in [4.78, 5) is 22.3. The minimum atomic E-state index is -1.02. The van der Waals surface area contributed by atoms with Gasteiger partial charge in [0.1, 0.15) is 6.54 Å². The number of hydrogen-bond donors (Lipinski definition) is 2. The highest BCUT2D eigenvalue weighted by molar-refractivity contribution is 5.89. The van der Waals surface area contributed by atoms with Crippen molar-refractivity contribution < 1.29 is 14.7 Å². The molecule has 0 radical (unpaired) electrons. The topological polar surface area (TPSA) is 97.1 Å². The van der Waals surface area contributed by atoms with E-state index in [1.165, 1.54) is 11.8 Å². The maximum atomic E-state index is 11.8. The first-order chi connectivity index (χ1) is 10.0. The van der Waals surface area contributed by atoms with Gasteiger partial charge in [0.2, 0.25) is 5.91 Å². The lowest BCUT2D eigenvalue weighted by atomic mass is 10.1. The zero-order valence-corrected chi connectivity index (χ0v) is 11.6. The van der Waals surface area contributed by atoms with Gasteiger partial charge < -0.3 is 10.4 Å². The van der Waals surface area contributed by atoms with Crippen molar-refractivity contribution in [3.8, 4) is 0 Å². The zero-order chi connectivity index (χ0) is 15.2. The van der Waals surface area contributed by atoms with Gasteiger partial charge in [0.05, 0.1) is 6.20 Å². The monoisotopic (exact) mass is 288 g/mol. The molecule has 1 aromatic heterocycles. The zero-order valence-electron chi connectivity index (χ0n) is 11.6. The number of amides is 1. The number of carboxylic acids is 1. The van der Waals surface area contributed by atoms with Crippen molar-refractivity contribution in [1.29, 1.82) is 0 Å². The first-order valence-corrected chi connectivity index (χ1v) is 6.50. The van der Waals surface area contributed by atoms with Crippen molar-refractivity contribution in [2.24, 2.45) is 0 Å². The molecule has 0 unspecified atom stereocenters. The number of benzene rings is 1. The third kappa shape index (κ3) is 4.72. The summed E-state index contributed by atoms with van der Waals surface area (Å²) in [6.45, 7) is 1.73. The van der Waals surface area contributed by atoms with Crippen molar-refractivity contribution in [2.45, 2.75) is 26.3 Å². The minimum absolute atomic E-state index is 0.182. The summed E-state index contributed by atoms with van der Waals surface area (Å²) in [6, 6.07) is 7.99. The van der Waals surface area contributed by atoms with E-state index in [0.29, 0.717) is 12.8 Å². The average Bonchev–Trinajstić information content (AvgIpc) is 2.84. The summed E-state index contributed by atoms with van der Waals surface area (Å²) in [6.07, 6.45) is 2.35. The maximum Gasteiger partial charge on any atom is 0.325 e. The number of rotatable bonds is 6. The largest absolute Gasteiger partial charge is 0.480 e. The van der Waals surface area contributed by atoms with E-state index in [0.717, 1.165) is 10.2 Å². The van der Waals surface area contributed by atoms with Gasteiger partial charge >= 0.3 is 5.97 Å². The van der Waals surface area contributed by atoms with E-state index in [-0.39, 0.29) is 18.3 Å². The third-order valence-corrected chi connectivity index (χ3v) is 2.86. The van der Waals surface area contributed by atoms with E-state index < -0.39 is 5.97 Å². The highest BCUT2D eigenvalue weighted by atomic mass is 16.4. The molecule has 0 saturated carbocycles. The minimum Gasteiger partial charge on any atom is -0.480 e. The van der Waals surface area contributed by atoms with Gasteiger partial charge in [0.15, 0.2) is 5.82 Å². The number of carbonyl (C=O) groups is 2. The summed E-state index contributed by atoms with van der Waals surface area (Å²) in [5, 5.41) is 18.5. The Labute approximate surface area is 121 Å². The van der Waals surface area contributed by atoms with Crippen LogP contribution in [0.25, 0.3) is 0 Å². The number of anilines is 1. The molecular formula is C14H16N4O3. The lowest BCUT2D eigenvalue weighted by Gasteiger charge is -2.02. The van der Waals surface area contributed by atoms with Crippen LogP contribution in [0, 0.1) is 6.92 Å². The highest BCUT2D eigenvalue weighted by Crippen LogP contribution is 2.07. The van der Waals surface area contributed by atoms with Crippen LogP contribution in [0.1, 0.15) is 17.5 Å². The fourth-order valence-corrected chi connectivity index (χ4v) is 1.79. The summed E-state index contributed by atoms with van der Waals surface area (Å²) in [5.41, 5.74) is 2.27. The van der Waals surface area contributed by atoms with Crippen LogP contribution in [0.3, 0.4) is 0 Å². The Morgan fingerprint density at radius 3 is 2.67 bits per heavy atom. The lowest BCUT2D eigenvalue weighted by molar-refractivity contribution is -0.137. The van der Waals surface area contributed by atoms with Crippen LogP contribution in [0.4, 0.5) is 5.82 Å². The van der Waals surface area contributed by atoms with Crippen LogP contribution in [0.15, 0.2) is 30.5 Å². The Balaban J connectivity index is 1.82. The first kappa shape index (κ1) is 14.7. The van der Waals surface area contributed by atoms with Gasteiger partial charge in [-0.3, -0.25) is 9.59 Å². The summed E-state index contributed by atoms with van der Waals surface area (Å²) >= 11 is 0. The van der Waals surface area contributed by atoms with Crippen molar-refractivity contribution in [3.05, 3.63) is 41.6 Å². The van der Waals surface area contributed by atoms with E-state index >= 15 is 0 Å². The van der Waals surface area contributed by atoms with E-state index in [1.807, 2.05) is 31.2 Å². The van der Waals surface area contributed by atoms with E-state index in [4.69, 9.17) is 5.11 Å². The van der Waals surface area contributed by atoms with Crippen LogP contribution >= 0.6 is 0 Å². The molecule has 7 heteroatoms. The fraction of sp³-hybridized carbons (Fsp3) is 0.286. The van der Waals surface area contributed by atoms with Crippen molar-refractivity contribution >= 4 is 17.7 Å². The smallest absolute Gasteiger partial charge is 0.325 e. The summed E-state index contributed by atoms with van der Waals surface area (Å²) in [5.74, 6) is -0.944. The predicted octanol–water partition coefficient (Wildman–Crippen LogP) is 1.24. The number of aryl methyl sites for hydroxylation is 2. The molecule has 21 heavy (non-hydrogen) atoms. The van der Waals surface area contributed by atoms with E-state index in [1.54, 1.807) is 0 Å². The lowest BCUT2D eigenvalue weighted by Crippen LogP contribution is -2.12. The normalized spacial score (nSPS) is 10.3. The molecular weight excluding hydrogens is 272 g/mol. The fourth-order valence-electron chi connectivity index (χ4n) is 1.79. The van der Waals surface area contributed by atoms with Crippen molar-refractivity contribution in [2.75, 3.05) is 5.32 Å². The first-order valence-electron chi connectivity index (χ1n) is 6.50. The van der Waals surface area contributed by atoms with Crippen LogP contribution < -0.4 is 5.32 Å². The molecule has 0 aliphatic carbocycles. The number of nitrogens with one attached hydrogen (secondary N) is 1. The number of nitrogens with zero attached hydrogens (tertiary/aromatic N) is 3. The van der Waals surface area contributed by atoms with Gasteiger partial charge in [0.25, 0.3) is 0 Å². The summed E-state index contributed by atoms with van der Waals surface area (Å²) < 4.78 is 1.15. The average molecular weight is 288 g/mol. The predicted molar refractivity (Wildman–Crippen MR) is 75.8 cm³/mol. The van der Waals surface area contributed by atoms with Crippen LogP contribution in [0.5, 0.6) is 0 Å². The molecule has 0 aliphatic heterocycles. The number of carboxylic acid groups (broad SMARTS) is 1. The highest BCUT2D eigenvalue weighted by Gasteiger charge is 2.08. The molecule has 0 atom stereocenters. The van der Waals surface area contributed by atoms with Gasteiger partial charge in [-0.2, -0.15) is 0 Å². The van der Waals surface area contributed by atoms with Gasteiger partial charge in [-0.05, 0) is 18.9 Å². The molecule has 7 nitrogen and oxygen atoms in total. The molecule has 0 spiro atoms. The molecule has 2 aromatic rings. The van der Waals surface area contributed by atoms with Crippen molar-refractivity contribution in [1.82, 2.24) is 15.0 Å². The molecule has 2 N–H and O–H groups in total. The molecule has 0 aliphatic rings. The standard InChI is InChI=1S/C14H16N4O3/c1-10-2-4-11(5-3-10)6-7-13(19)15-12-8-18(17-16-12)9-14(20)21/h2-5,8H,6-7,9H2,1H3,(H,15,19)(H,20,21). The Bertz CT molecular complexity index is 634. The molecule has 1 heterocycles. The number of hydrogen-bond acceptors (Lipinski definition) is 4. The SMILES string of the molecule is Cc1ccc(CCC(=O)Nc2cn(CC(=O)O)nn2)cc1. The van der Waals surface area contributed by atoms with Gasteiger partial charge in [-0.15, -0.1) is 5.10 Å². The molecule has 110 valence electrons. The second kappa shape index (κ2) is 6.65. The quantitative estimate of drug-likeness (QED) is 0.833. The van der Waals surface area contributed by atoms with Gasteiger partial charge in [-0.1, -0.05) is 35.0 Å². The van der Waals surface area contributed by atoms with Crippen LogP contribution in [-0.4, -0.2) is 32.0 Å². The molecule has 0 fully saturated rings. The molecule has 0 bridgehead atoms. The molecule has 1 aromatic carbocycles. The number of aromatic nitrogens is 3. The Kier molecular flexibility index (Phi) is 4.65. The summed E-state index contributed by atoms with van der Waals surface area (Å²) in [7, 11) is 0. The molecule has 0 saturated heterocycles. The number of aliphatic carboxylic acids is 1. The number of carbonyl (C=O) groups excluding carboxylic acids is 1. The third-order valence-electron chi connectivity index (χ3n) is 2.86. The Morgan fingerprint density at radius 2 is 2.00 bits per heavy atom. The Hall–Kier alpha value is -2.70. The Morgan fingerprint density at radius 1 is 1.29 bits per heavy atom. The second-order valence-corrected chi connectivity index (χ2v) is 4.73. The van der Waals surface area contributed by atoms with E-state index in [2.05, 4.69) is 15.6 Å². The second-order valence-electron chi connectivity index (χ2n) is 4.73. The van der Waals surface area contributed by atoms with E-state index in [9.17, 15) is 9.59 Å².